The van der Waals surface area contributed by atoms with Crippen LogP contribution in [-0.4, -0.2) is 9.97 Å². The lowest BCUT2D eigenvalue weighted by atomic mass is 10.1. The predicted octanol–water partition coefficient (Wildman–Crippen LogP) is 3.07. The molecule has 1 aromatic rings. The highest BCUT2D eigenvalue weighted by Gasteiger charge is 2.25. The molecule has 0 fully saturated rings. The molecule has 0 amide bonds. The van der Waals surface area contributed by atoms with Crippen LogP contribution in [0.4, 0.5) is 0 Å². The Morgan fingerprint density at radius 3 is 2.92 bits per heavy atom. The van der Waals surface area contributed by atoms with E-state index in [4.69, 9.17) is 0 Å². The van der Waals surface area contributed by atoms with Crippen LogP contribution in [0.5, 0.6) is 0 Å². The third-order valence-electron chi connectivity index (χ3n) is 2.05. The smallest absolute Gasteiger partial charge is 0.0768 e. The second-order valence-corrected chi connectivity index (χ2v) is 5.92. The molecule has 0 radical (unpaired) electrons. The number of nitrogens with zero attached hydrogens (tertiary/aromatic N) is 2. The van der Waals surface area contributed by atoms with Gasteiger partial charge in [0, 0.05) is 18.1 Å². The first-order valence-corrected chi connectivity index (χ1v) is 6.75. The third-order valence-corrected chi connectivity index (χ3v) is 4.93. The number of hydrogen-bond donors (Lipinski definition) is 0. The molecule has 1 unspecified atom stereocenters. The summed E-state index contributed by atoms with van der Waals surface area (Å²) in [6, 6.07) is 0. The van der Waals surface area contributed by atoms with Crippen LogP contribution in [-0.2, 0) is 5.75 Å². The molecule has 0 aromatic carbocycles. The van der Waals surface area contributed by atoms with Crippen LogP contribution in [0, 0.1) is 5.92 Å². The molecule has 0 saturated carbocycles. The minimum Gasteiger partial charge on any atom is -0.257 e. The Bertz CT molecular complexity index is 301. The van der Waals surface area contributed by atoms with E-state index in [2.05, 4.69) is 23.8 Å². The highest BCUT2D eigenvalue weighted by Crippen LogP contribution is 2.48. The van der Waals surface area contributed by atoms with Gasteiger partial charge in [-0.15, -0.1) is 0 Å². The van der Waals surface area contributed by atoms with Crippen LogP contribution in [0.1, 0.15) is 30.5 Å². The van der Waals surface area contributed by atoms with Crippen molar-refractivity contribution in [1.29, 1.82) is 0 Å². The van der Waals surface area contributed by atoms with Gasteiger partial charge in [-0.05, 0) is 5.92 Å². The lowest BCUT2D eigenvalue weighted by Gasteiger charge is -2.24. The molecule has 2 nitrogen and oxygen atoms in total. The molecule has 0 bridgehead atoms. The molecule has 0 aliphatic carbocycles. The highest BCUT2D eigenvalue weighted by molar-refractivity contribution is 8.76. The zero-order valence-electron chi connectivity index (χ0n) is 7.73. The Balaban J connectivity index is 2.37. The van der Waals surface area contributed by atoms with Gasteiger partial charge in [0.25, 0.3) is 0 Å². The molecule has 4 heteroatoms. The summed E-state index contributed by atoms with van der Waals surface area (Å²) in [6.45, 7) is 4.48. The van der Waals surface area contributed by atoms with E-state index in [0.29, 0.717) is 11.2 Å². The first kappa shape index (κ1) is 9.34. The number of aromatic nitrogens is 2. The van der Waals surface area contributed by atoms with Gasteiger partial charge in [0.15, 0.2) is 0 Å². The zero-order chi connectivity index (χ0) is 9.26. The maximum absolute atomic E-state index is 4.43. The van der Waals surface area contributed by atoms with Gasteiger partial charge in [0.1, 0.15) is 0 Å². The van der Waals surface area contributed by atoms with Crippen LogP contribution >= 0.6 is 21.6 Å². The van der Waals surface area contributed by atoms with Crippen molar-refractivity contribution >= 4 is 21.6 Å². The maximum Gasteiger partial charge on any atom is 0.0768 e. The third kappa shape index (κ3) is 1.83. The van der Waals surface area contributed by atoms with Crippen LogP contribution in [0.15, 0.2) is 12.4 Å². The fourth-order valence-corrected chi connectivity index (χ4v) is 4.34. The molecule has 1 aliphatic rings. The standard InChI is InChI=1S/C9H12N2S2/c1-6(2)9-8-7(5-12-13-9)10-3-4-11-8/h3-4,6,9H,5H2,1-2H3. The summed E-state index contributed by atoms with van der Waals surface area (Å²) in [7, 11) is 3.82. The number of hydrogen-bond acceptors (Lipinski definition) is 4. The number of fused-ring (bicyclic) bond motifs is 1. The summed E-state index contributed by atoms with van der Waals surface area (Å²) in [5.41, 5.74) is 2.37. The van der Waals surface area contributed by atoms with Crippen LogP contribution in [0.25, 0.3) is 0 Å². The molecule has 0 spiro atoms. The molecular weight excluding hydrogens is 200 g/mol. The van der Waals surface area contributed by atoms with E-state index >= 15 is 0 Å². The predicted molar refractivity (Wildman–Crippen MR) is 58.5 cm³/mol. The molecule has 70 valence electrons. The average molecular weight is 212 g/mol. The Hall–Kier alpha value is -0.220. The van der Waals surface area contributed by atoms with Gasteiger partial charge in [0.2, 0.25) is 0 Å². The van der Waals surface area contributed by atoms with Gasteiger partial charge in [-0.1, -0.05) is 35.4 Å². The van der Waals surface area contributed by atoms with Crippen molar-refractivity contribution in [1.82, 2.24) is 9.97 Å². The average Bonchev–Trinajstić information content (AvgIpc) is 2.17. The van der Waals surface area contributed by atoms with Crippen molar-refractivity contribution in [2.75, 3.05) is 0 Å². The second-order valence-electron chi connectivity index (χ2n) is 3.41. The van der Waals surface area contributed by atoms with Gasteiger partial charge in [-0.3, -0.25) is 9.97 Å². The molecule has 1 aliphatic heterocycles. The summed E-state index contributed by atoms with van der Waals surface area (Å²) in [5, 5.41) is 0.516. The van der Waals surface area contributed by atoms with Gasteiger partial charge < -0.3 is 0 Å². The van der Waals surface area contributed by atoms with Crippen molar-refractivity contribution in [3.8, 4) is 0 Å². The van der Waals surface area contributed by atoms with Crippen LogP contribution in [0.3, 0.4) is 0 Å². The zero-order valence-corrected chi connectivity index (χ0v) is 9.36. The fourth-order valence-electron chi connectivity index (χ4n) is 1.36. The summed E-state index contributed by atoms with van der Waals surface area (Å²) in [4.78, 5) is 8.78. The van der Waals surface area contributed by atoms with Crippen LogP contribution < -0.4 is 0 Å². The SMILES string of the molecule is CC(C)C1SSCc2nccnc21. The lowest BCUT2D eigenvalue weighted by molar-refractivity contribution is 0.615. The van der Waals surface area contributed by atoms with Crippen molar-refractivity contribution in [2.24, 2.45) is 5.92 Å². The molecule has 1 atom stereocenters. The first-order valence-electron chi connectivity index (χ1n) is 4.37. The Morgan fingerprint density at radius 2 is 2.15 bits per heavy atom. The van der Waals surface area contributed by atoms with E-state index in [1.54, 1.807) is 12.4 Å². The minimum atomic E-state index is 0.516. The van der Waals surface area contributed by atoms with Crippen molar-refractivity contribution in [3.05, 3.63) is 23.8 Å². The molecule has 0 saturated heterocycles. The van der Waals surface area contributed by atoms with Gasteiger partial charge in [-0.25, -0.2) is 0 Å². The fraction of sp³-hybridized carbons (Fsp3) is 0.556. The van der Waals surface area contributed by atoms with E-state index in [1.807, 2.05) is 21.6 Å². The summed E-state index contributed by atoms with van der Waals surface area (Å²) >= 11 is 0. The summed E-state index contributed by atoms with van der Waals surface area (Å²) in [6.07, 6.45) is 3.58. The monoisotopic (exact) mass is 212 g/mol. The molecule has 13 heavy (non-hydrogen) atoms. The molecule has 2 rings (SSSR count). The van der Waals surface area contributed by atoms with Crippen LogP contribution in [0.2, 0.25) is 0 Å². The maximum atomic E-state index is 4.43. The summed E-state index contributed by atoms with van der Waals surface area (Å²) in [5.74, 6) is 1.63. The van der Waals surface area contributed by atoms with Crippen molar-refractivity contribution in [2.45, 2.75) is 24.9 Å². The quantitative estimate of drug-likeness (QED) is 0.668. The van der Waals surface area contributed by atoms with E-state index in [1.165, 1.54) is 11.4 Å². The van der Waals surface area contributed by atoms with Gasteiger partial charge in [0.05, 0.1) is 16.6 Å². The molecule has 0 N–H and O–H groups in total. The van der Waals surface area contributed by atoms with E-state index in [0.717, 1.165) is 5.75 Å². The second kappa shape index (κ2) is 3.88. The van der Waals surface area contributed by atoms with Gasteiger partial charge in [-0.2, -0.15) is 0 Å². The Morgan fingerprint density at radius 1 is 1.38 bits per heavy atom. The Labute approximate surface area is 86.3 Å². The normalized spacial score (nSPS) is 21.6. The van der Waals surface area contributed by atoms with Crippen molar-refractivity contribution < 1.29 is 0 Å². The lowest BCUT2D eigenvalue weighted by Crippen LogP contribution is -2.11. The highest BCUT2D eigenvalue weighted by atomic mass is 33.1. The van der Waals surface area contributed by atoms with E-state index in [9.17, 15) is 0 Å². The topological polar surface area (TPSA) is 25.8 Å². The minimum absolute atomic E-state index is 0.516. The van der Waals surface area contributed by atoms with E-state index < -0.39 is 0 Å². The molecule has 1 aromatic heterocycles. The Kier molecular flexibility index (Phi) is 2.79. The number of rotatable bonds is 1. The molecular formula is C9H12N2S2. The molecule has 2 heterocycles. The first-order chi connectivity index (χ1) is 6.29. The van der Waals surface area contributed by atoms with Gasteiger partial charge >= 0.3 is 0 Å². The largest absolute Gasteiger partial charge is 0.257 e. The summed E-state index contributed by atoms with van der Waals surface area (Å²) < 4.78 is 0. The van der Waals surface area contributed by atoms with E-state index in [-0.39, 0.29) is 0 Å². The van der Waals surface area contributed by atoms with Crippen molar-refractivity contribution in [3.63, 3.8) is 0 Å².